The minimum absolute atomic E-state index is 0. The van der Waals surface area contributed by atoms with Gasteiger partial charge >= 0.3 is 0 Å². The Labute approximate surface area is 265 Å². The summed E-state index contributed by atoms with van der Waals surface area (Å²) < 4.78 is 2.36. The zero-order valence-electron chi connectivity index (χ0n) is 26.0. The van der Waals surface area contributed by atoms with Crippen molar-refractivity contribution in [2.45, 2.75) is 110 Å². The van der Waals surface area contributed by atoms with Crippen molar-refractivity contribution in [1.82, 2.24) is 4.98 Å². The topological polar surface area (TPSA) is 16.8 Å². The van der Waals surface area contributed by atoms with Crippen LogP contribution in [0.25, 0.3) is 33.4 Å². The van der Waals surface area contributed by atoms with Gasteiger partial charge in [0.15, 0.2) is 12.4 Å². The zero-order chi connectivity index (χ0) is 28.5. The van der Waals surface area contributed by atoms with Gasteiger partial charge in [-0.1, -0.05) is 96.4 Å². The molecule has 222 valence electrons. The lowest BCUT2D eigenvalue weighted by Gasteiger charge is -2.32. The number of rotatable bonds is 15. The molecule has 0 atom stereocenters. The second-order valence-corrected chi connectivity index (χ2v) is 12.1. The SMILES string of the molecule is CCCCCCCCCC[n+]1ccc(-c2ccc3c(c2)C(CCC)(CCC)c2cc(-c4ccncc4)ccc2-3)cc1.[Br-]. The number of fused-ring (bicyclic) bond motifs is 3. The Kier molecular flexibility index (Phi) is 12.0. The maximum Gasteiger partial charge on any atom is 0.169 e. The highest BCUT2D eigenvalue weighted by atomic mass is 79.9. The summed E-state index contributed by atoms with van der Waals surface area (Å²) >= 11 is 0. The number of hydrogen-bond acceptors (Lipinski definition) is 1. The fourth-order valence-electron chi connectivity index (χ4n) is 7.14. The number of halogens is 1. The van der Waals surface area contributed by atoms with E-state index in [4.69, 9.17) is 0 Å². The van der Waals surface area contributed by atoms with E-state index in [1.54, 1.807) is 0 Å². The maximum atomic E-state index is 4.24. The Morgan fingerprint density at radius 3 is 1.57 bits per heavy atom. The quantitative estimate of drug-likeness (QED) is 0.0977. The number of benzene rings is 2. The molecule has 0 unspecified atom stereocenters. The summed E-state index contributed by atoms with van der Waals surface area (Å²) in [5.41, 5.74) is 11.1. The first kappa shape index (κ1) is 32.1. The Bertz CT molecular complexity index is 1390. The van der Waals surface area contributed by atoms with Crippen molar-refractivity contribution in [2.24, 2.45) is 0 Å². The first-order chi connectivity index (χ1) is 20.2. The molecular formula is C39H49BrN2. The summed E-state index contributed by atoms with van der Waals surface area (Å²) in [5.74, 6) is 0. The Balaban J connectivity index is 0.00000405. The number of unbranched alkanes of at least 4 members (excludes halogenated alkanes) is 7. The predicted molar refractivity (Wildman–Crippen MR) is 174 cm³/mol. The van der Waals surface area contributed by atoms with E-state index in [1.807, 2.05) is 12.4 Å². The van der Waals surface area contributed by atoms with E-state index < -0.39 is 0 Å². The maximum absolute atomic E-state index is 4.24. The van der Waals surface area contributed by atoms with Gasteiger partial charge in [0.1, 0.15) is 6.54 Å². The van der Waals surface area contributed by atoms with E-state index in [0.717, 1.165) is 6.54 Å². The minimum atomic E-state index is 0. The molecule has 0 spiro atoms. The zero-order valence-corrected chi connectivity index (χ0v) is 27.6. The Morgan fingerprint density at radius 1 is 0.548 bits per heavy atom. The molecule has 0 fully saturated rings. The standard InChI is InChI=1S/C39H49N2.BrH/c1-4-7-8-9-10-11-12-13-26-41-27-20-32(21-28-41)34-15-17-36-35-16-14-33(31-18-24-40-25-19-31)29-37(35)39(22-5-2,23-6-3)38(36)30-34;/h14-21,24-25,27-30H,4-13,22-23,26H2,1-3H3;1H/q+1;/p-1. The molecule has 0 saturated carbocycles. The normalized spacial score (nSPS) is 12.9. The van der Waals surface area contributed by atoms with Gasteiger partial charge in [-0.15, -0.1) is 0 Å². The predicted octanol–water partition coefficient (Wildman–Crippen LogP) is 7.71. The molecule has 0 N–H and O–H groups in total. The molecule has 0 amide bonds. The summed E-state index contributed by atoms with van der Waals surface area (Å²) in [7, 11) is 0. The lowest BCUT2D eigenvalue weighted by molar-refractivity contribution is -0.697. The second-order valence-electron chi connectivity index (χ2n) is 12.1. The van der Waals surface area contributed by atoms with Crippen molar-refractivity contribution in [2.75, 3.05) is 0 Å². The molecular weight excluding hydrogens is 576 g/mol. The molecule has 2 aromatic carbocycles. The van der Waals surface area contributed by atoms with Gasteiger partial charge in [-0.25, -0.2) is 4.57 Å². The first-order valence-electron chi connectivity index (χ1n) is 16.4. The van der Waals surface area contributed by atoms with Crippen LogP contribution in [0.1, 0.15) is 109 Å². The Hall–Kier alpha value is -2.78. The van der Waals surface area contributed by atoms with Crippen LogP contribution >= 0.6 is 0 Å². The third-order valence-corrected chi connectivity index (χ3v) is 9.22. The number of aromatic nitrogens is 2. The van der Waals surface area contributed by atoms with Crippen molar-refractivity contribution in [3.63, 3.8) is 0 Å². The number of nitrogens with zero attached hydrogens (tertiary/aromatic N) is 2. The molecule has 1 aliphatic rings. The largest absolute Gasteiger partial charge is 1.00 e. The molecule has 42 heavy (non-hydrogen) atoms. The van der Waals surface area contributed by atoms with Crippen LogP contribution in [0.4, 0.5) is 0 Å². The van der Waals surface area contributed by atoms with Gasteiger partial charge in [-0.05, 0) is 88.0 Å². The number of hydrogen-bond donors (Lipinski definition) is 0. The van der Waals surface area contributed by atoms with E-state index in [1.165, 1.54) is 122 Å². The van der Waals surface area contributed by atoms with Gasteiger partial charge in [-0.2, -0.15) is 0 Å². The fourth-order valence-corrected chi connectivity index (χ4v) is 7.14. The monoisotopic (exact) mass is 624 g/mol. The van der Waals surface area contributed by atoms with Gasteiger partial charge in [0.05, 0.1) is 0 Å². The van der Waals surface area contributed by atoms with Gasteiger partial charge < -0.3 is 17.0 Å². The van der Waals surface area contributed by atoms with E-state index in [-0.39, 0.29) is 22.4 Å². The van der Waals surface area contributed by atoms with Crippen LogP contribution in [0, 0.1) is 0 Å². The molecule has 1 aliphatic carbocycles. The van der Waals surface area contributed by atoms with Crippen LogP contribution < -0.4 is 21.5 Å². The first-order valence-corrected chi connectivity index (χ1v) is 16.4. The van der Waals surface area contributed by atoms with E-state index in [0.29, 0.717) is 0 Å². The molecule has 0 radical (unpaired) electrons. The molecule has 2 aromatic heterocycles. The van der Waals surface area contributed by atoms with E-state index in [2.05, 4.69) is 103 Å². The van der Waals surface area contributed by atoms with Gasteiger partial charge in [0, 0.05) is 36.4 Å². The summed E-state index contributed by atoms with van der Waals surface area (Å²) in [5, 5.41) is 0. The van der Waals surface area contributed by atoms with Gasteiger partial charge in [0.25, 0.3) is 0 Å². The van der Waals surface area contributed by atoms with Crippen molar-refractivity contribution < 1.29 is 21.5 Å². The highest BCUT2D eigenvalue weighted by Gasteiger charge is 2.42. The second kappa shape index (κ2) is 15.6. The van der Waals surface area contributed by atoms with Crippen LogP contribution in [-0.2, 0) is 12.0 Å². The lowest BCUT2D eigenvalue weighted by Crippen LogP contribution is -3.00. The van der Waals surface area contributed by atoms with Crippen LogP contribution in [0.5, 0.6) is 0 Å². The van der Waals surface area contributed by atoms with Crippen LogP contribution in [0.2, 0.25) is 0 Å². The molecule has 0 bridgehead atoms. The van der Waals surface area contributed by atoms with Crippen LogP contribution in [0.3, 0.4) is 0 Å². The summed E-state index contributed by atoms with van der Waals surface area (Å²) in [4.78, 5) is 4.24. The highest BCUT2D eigenvalue weighted by molar-refractivity contribution is 5.86. The Morgan fingerprint density at radius 2 is 1.05 bits per heavy atom. The van der Waals surface area contributed by atoms with Crippen molar-refractivity contribution in [3.8, 4) is 33.4 Å². The average Bonchev–Trinajstić information content (AvgIpc) is 3.28. The average molecular weight is 626 g/mol. The molecule has 2 heterocycles. The molecule has 3 heteroatoms. The lowest BCUT2D eigenvalue weighted by atomic mass is 9.71. The molecule has 5 rings (SSSR count). The van der Waals surface area contributed by atoms with Crippen LogP contribution in [-0.4, -0.2) is 4.98 Å². The minimum Gasteiger partial charge on any atom is -1.00 e. The van der Waals surface area contributed by atoms with Gasteiger partial charge in [-0.3, -0.25) is 4.98 Å². The van der Waals surface area contributed by atoms with Crippen LogP contribution in [0.15, 0.2) is 85.5 Å². The molecule has 4 aromatic rings. The smallest absolute Gasteiger partial charge is 0.169 e. The summed E-state index contributed by atoms with van der Waals surface area (Å²) in [6.45, 7) is 8.09. The van der Waals surface area contributed by atoms with E-state index in [9.17, 15) is 0 Å². The number of pyridine rings is 2. The summed E-state index contributed by atoms with van der Waals surface area (Å²) in [6.07, 6.45) is 24.0. The van der Waals surface area contributed by atoms with Gasteiger partial charge in [0.2, 0.25) is 0 Å². The fraction of sp³-hybridized carbons (Fsp3) is 0.436. The van der Waals surface area contributed by atoms with Crippen molar-refractivity contribution >= 4 is 0 Å². The highest BCUT2D eigenvalue weighted by Crippen LogP contribution is 2.55. The summed E-state index contributed by atoms with van der Waals surface area (Å²) in [6, 6.07) is 23.3. The van der Waals surface area contributed by atoms with Crippen molar-refractivity contribution in [3.05, 3.63) is 96.6 Å². The third-order valence-electron chi connectivity index (χ3n) is 9.22. The molecule has 0 saturated heterocycles. The third kappa shape index (κ3) is 7.05. The van der Waals surface area contributed by atoms with E-state index >= 15 is 0 Å². The molecule has 2 nitrogen and oxygen atoms in total. The molecule has 0 aliphatic heterocycles. The van der Waals surface area contributed by atoms with Crippen molar-refractivity contribution in [1.29, 1.82) is 0 Å². The number of aryl methyl sites for hydroxylation is 1.